The Morgan fingerprint density at radius 1 is 1.26 bits per heavy atom. The lowest BCUT2D eigenvalue weighted by molar-refractivity contribution is 0.748. The fraction of sp³-hybridized carbons (Fsp3) is 0.278. The summed E-state index contributed by atoms with van der Waals surface area (Å²) in [6.45, 7) is 4.04. The van der Waals surface area contributed by atoms with Gasteiger partial charge in [-0.3, -0.25) is 0 Å². The van der Waals surface area contributed by atoms with E-state index in [1.165, 1.54) is 0 Å². The lowest BCUT2D eigenvalue weighted by Gasteiger charge is -2.11. The van der Waals surface area contributed by atoms with Gasteiger partial charge >= 0.3 is 0 Å². The Labute approximate surface area is 140 Å². The van der Waals surface area contributed by atoms with Crippen molar-refractivity contribution in [2.24, 2.45) is 0 Å². The van der Waals surface area contributed by atoms with Crippen LogP contribution < -0.4 is 0 Å². The fourth-order valence-corrected chi connectivity index (χ4v) is 3.09. The average Bonchev–Trinajstić information content (AvgIpc) is 2.99. The maximum atomic E-state index is 9.59. The van der Waals surface area contributed by atoms with Crippen LogP contribution in [-0.2, 0) is 6.42 Å². The number of halogens is 1. The summed E-state index contributed by atoms with van der Waals surface area (Å²) in [5.41, 5.74) is 3.72. The van der Waals surface area contributed by atoms with Crippen molar-refractivity contribution in [2.75, 3.05) is 0 Å². The lowest BCUT2D eigenvalue weighted by atomic mass is 9.99. The molecule has 1 aromatic carbocycles. The van der Waals surface area contributed by atoms with E-state index in [9.17, 15) is 5.26 Å². The summed E-state index contributed by atoms with van der Waals surface area (Å²) in [6, 6.07) is 12.1. The standard InChI is InChI=1S/C18H17ClN4/c1-3-4-10-15-21-18-14(11-20)12(2)16(17(19)23(18)22-15)13-8-6-5-7-9-13/h5-9H,3-4,10H2,1-2H3. The van der Waals surface area contributed by atoms with Crippen molar-refractivity contribution in [3.63, 3.8) is 0 Å². The van der Waals surface area contributed by atoms with Crippen molar-refractivity contribution in [3.8, 4) is 17.2 Å². The lowest BCUT2D eigenvalue weighted by Crippen LogP contribution is -2.00. The molecule has 0 bridgehead atoms. The molecule has 23 heavy (non-hydrogen) atoms. The number of hydrogen-bond donors (Lipinski definition) is 0. The molecule has 5 heteroatoms. The number of fused-ring (bicyclic) bond motifs is 1. The Balaban J connectivity index is 2.28. The Morgan fingerprint density at radius 3 is 2.65 bits per heavy atom. The van der Waals surface area contributed by atoms with Crippen LogP contribution >= 0.6 is 11.6 Å². The van der Waals surface area contributed by atoms with Gasteiger partial charge < -0.3 is 0 Å². The Bertz CT molecular complexity index is 891. The van der Waals surface area contributed by atoms with Gasteiger partial charge in [0.25, 0.3) is 0 Å². The molecule has 0 fully saturated rings. The molecule has 0 spiro atoms. The van der Waals surface area contributed by atoms with Crippen molar-refractivity contribution >= 4 is 17.2 Å². The number of pyridine rings is 1. The molecule has 116 valence electrons. The number of benzene rings is 1. The third kappa shape index (κ3) is 2.69. The molecular formula is C18H17ClN4. The summed E-state index contributed by atoms with van der Waals surface area (Å²) in [7, 11) is 0. The van der Waals surface area contributed by atoms with Crippen molar-refractivity contribution in [3.05, 3.63) is 52.4 Å². The Hall–Kier alpha value is -2.38. The summed E-state index contributed by atoms with van der Waals surface area (Å²) in [6.07, 6.45) is 2.88. The van der Waals surface area contributed by atoms with E-state index in [2.05, 4.69) is 23.1 Å². The molecule has 0 aliphatic carbocycles. The predicted molar refractivity (Wildman–Crippen MR) is 91.5 cm³/mol. The van der Waals surface area contributed by atoms with Crippen LogP contribution in [0.4, 0.5) is 0 Å². The van der Waals surface area contributed by atoms with E-state index in [0.717, 1.165) is 41.8 Å². The van der Waals surface area contributed by atoms with Crippen molar-refractivity contribution in [2.45, 2.75) is 33.1 Å². The maximum absolute atomic E-state index is 9.59. The summed E-state index contributed by atoms with van der Waals surface area (Å²) >= 11 is 6.61. The minimum absolute atomic E-state index is 0.498. The summed E-state index contributed by atoms with van der Waals surface area (Å²) < 4.78 is 1.60. The molecular weight excluding hydrogens is 308 g/mol. The topological polar surface area (TPSA) is 54.0 Å². The molecule has 4 nitrogen and oxygen atoms in total. The van der Waals surface area contributed by atoms with Gasteiger partial charge in [0.1, 0.15) is 16.8 Å². The predicted octanol–water partition coefficient (Wildman–Crippen LogP) is 4.57. The first-order valence-corrected chi connectivity index (χ1v) is 8.08. The Morgan fingerprint density at radius 2 is 2.00 bits per heavy atom. The van der Waals surface area contributed by atoms with Crippen LogP contribution in [0.5, 0.6) is 0 Å². The van der Waals surface area contributed by atoms with Crippen LogP contribution in [0.25, 0.3) is 16.8 Å². The molecule has 3 rings (SSSR count). The largest absolute Gasteiger partial charge is 0.210 e. The van der Waals surface area contributed by atoms with E-state index in [0.29, 0.717) is 16.4 Å². The second-order valence-electron chi connectivity index (χ2n) is 5.51. The molecule has 0 N–H and O–H groups in total. The number of aryl methyl sites for hydroxylation is 1. The molecule has 0 atom stereocenters. The highest BCUT2D eigenvalue weighted by atomic mass is 35.5. The van der Waals surface area contributed by atoms with Crippen molar-refractivity contribution < 1.29 is 0 Å². The fourth-order valence-electron chi connectivity index (χ4n) is 2.72. The van der Waals surface area contributed by atoms with Crippen LogP contribution in [0.15, 0.2) is 30.3 Å². The van der Waals surface area contributed by atoms with Crippen LogP contribution in [0.3, 0.4) is 0 Å². The van der Waals surface area contributed by atoms with E-state index in [4.69, 9.17) is 11.6 Å². The summed E-state index contributed by atoms with van der Waals surface area (Å²) in [5, 5.41) is 14.6. The van der Waals surface area contributed by atoms with E-state index in [-0.39, 0.29) is 0 Å². The van der Waals surface area contributed by atoms with Gasteiger partial charge in [-0.1, -0.05) is 55.3 Å². The zero-order valence-electron chi connectivity index (χ0n) is 13.2. The number of nitriles is 1. The first-order valence-electron chi connectivity index (χ1n) is 7.70. The van der Waals surface area contributed by atoms with Crippen LogP contribution in [0, 0.1) is 18.3 Å². The van der Waals surface area contributed by atoms with Gasteiger partial charge in [0, 0.05) is 12.0 Å². The highest BCUT2D eigenvalue weighted by Crippen LogP contribution is 2.34. The molecule has 3 aromatic rings. The van der Waals surface area contributed by atoms with Crippen LogP contribution in [-0.4, -0.2) is 14.6 Å². The van der Waals surface area contributed by atoms with Crippen LogP contribution in [0.1, 0.15) is 36.7 Å². The molecule has 0 amide bonds. The summed E-state index contributed by atoms with van der Waals surface area (Å²) in [5.74, 6) is 0.731. The second-order valence-corrected chi connectivity index (χ2v) is 5.87. The van der Waals surface area contributed by atoms with E-state index in [1.807, 2.05) is 37.3 Å². The zero-order valence-corrected chi connectivity index (χ0v) is 13.9. The molecule has 0 aliphatic heterocycles. The number of hydrogen-bond acceptors (Lipinski definition) is 3. The quantitative estimate of drug-likeness (QED) is 0.660. The van der Waals surface area contributed by atoms with Gasteiger partial charge in [-0.25, -0.2) is 9.50 Å². The molecule has 0 saturated heterocycles. The first kappa shape index (κ1) is 15.5. The van der Waals surface area contributed by atoms with Crippen molar-refractivity contribution in [1.82, 2.24) is 14.6 Å². The minimum Gasteiger partial charge on any atom is -0.210 e. The average molecular weight is 325 g/mol. The SMILES string of the molecule is CCCCc1nc2c(C#N)c(C)c(-c3ccccc3)c(Cl)n2n1. The minimum atomic E-state index is 0.498. The van der Waals surface area contributed by atoms with Crippen LogP contribution in [0.2, 0.25) is 5.15 Å². The third-order valence-electron chi connectivity index (χ3n) is 3.95. The monoisotopic (exact) mass is 324 g/mol. The zero-order chi connectivity index (χ0) is 16.4. The van der Waals surface area contributed by atoms with Gasteiger partial charge in [-0.2, -0.15) is 5.26 Å². The van der Waals surface area contributed by atoms with E-state index in [1.54, 1.807) is 4.52 Å². The summed E-state index contributed by atoms with van der Waals surface area (Å²) in [4.78, 5) is 4.52. The van der Waals surface area contributed by atoms with Gasteiger partial charge in [0.15, 0.2) is 11.5 Å². The highest BCUT2D eigenvalue weighted by Gasteiger charge is 2.20. The molecule has 0 radical (unpaired) electrons. The Kier molecular flexibility index (Phi) is 4.31. The van der Waals surface area contributed by atoms with Gasteiger partial charge in [0.2, 0.25) is 0 Å². The second kappa shape index (κ2) is 6.39. The molecule has 0 aliphatic rings. The van der Waals surface area contributed by atoms with Crippen molar-refractivity contribution in [1.29, 1.82) is 5.26 Å². The highest BCUT2D eigenvalue weighted by molar-refractivity contribution is 6.32. The van der Waals surface area contributed by atoms with Gasteiger partial charge in [-0.15, -0.1) is 5.10 Å². The maximum Gasteiger partial charge on any atom is 0.175 e. The number of aromatic nitrogens is 3. The molecule has 0 saturated carbocycles. The normalized spacial score (nSPS) is 10.9. The van der Waals surface area contributed by atoms with Gasteiger partial charge in [-0.05, 0) is 24.5 Å². The number of nitrogens with zero attached hydrogens (tertiary/aromatic N) is 4. The first-order chi connectivity index (χ1) is 11.2. The third-order valence-corrected chi connectivity index (χ3v) is 4.29. The molecule has 2 aromatic heterocycles. The number of rotatable bonds is 4. The molecule has 0 unspecified atom stereocenters. The van der Waals surface area contributed by atoms with E-state index >= 15 is 0 Å². The molecule has 2 heterocycles. The smallest absolute Gasteiger partial charge is 0.175 e. The van der Waals surface area contributed by atoms with Gasteiger partial charge in [0.05, 0.1) is 0 Å². The van der Waals surface area contributed by atoms with E-state index < -0.39 is 0 Å². The number of unbranched alkanes of at least 4 members (excludes halogenated alkanes) is 1.